The van der Waals surface area contributed by atoms with Gasteiger partial charge < -0.3 is 9.47 Å². The zero-order valence-electron chi connectivity index (χ0n) is 10.8. The number of carbonyl (C=O) groups excluding carboxylic acids is 1. The Labute approximate surface area is 115 Å². The van der Waals surface area contributed by atoms with Crippen molar-refractivity contribution in [3.05, 3.63) is 29.8 Å². The smallest absolute Gasteiger partial charge is 0.442 e. The van der Waals surface area contributed by atoms with Crippen molar-refractivity contribution in [1.82, 2.24) is 0 Å². The normalized spacial score (nSPS) is 13.0. The average Bonchev–Trinajstić information content (AvgIpc) is 2.33. The van der Waals surface area contributed by atoms with Crippen LogP contribution in [0.25, 0.3) is 0 Å². The van der Waals surface area contributed by atoms with Crippen LogP contribution in [0.2, 0.25) is 0 Å². The van der Waals surface area contributed by atoms with Crippen LogP contribution < -0.4 is 4.74 Å². The second-order valence-corrected chi connectivity index (χ2v) is 4.00. The number of benzene rings is 1. The summed E-state index contributed by atoms with van der Waals surface area (Å²) in [6, 6.07) is 2.90. The van der Waals surface area contributed by atoms with Crippen LogP contribution in [0.15, 0.2) is 24.3 Å². The monoisotopic (exact) mass is 316 g/mol. The van der Waals surface area contributed by atoms with Crippen molar-refractivity contribution >= 4 is 5.97 Å². The molecule has 0 atom stereocenters. The molecule has 21 heavy (non-hydrogen) atoms. The van der Waals surface area contributed by atoms with E-state index in [-0.39, 0.29) is 5.75 Å². The molecule has 0 saturated heterocycles. The number of ether oxygens (including phenoxy) is 2. The van der Waals surface area contributed by atoms with Crippen LogP contribution in [0.5, 0.6) is 5.75 Å². The Balaban J connectivity index is 3.58. The van der Waals surface area contributed by atoms with E-state index in [1.165, 1.54) is 7.11 Å². The molecule has 0 aliphatic carbocycles. The number of rotatable bonds is 3. The van der Waals surface area contributed by atoms with Gasteiger partial charge in [0.2, 0.25) is 0 Å². The summed E-state index contributed by atoms with van der Waals surface area (Å²) in [6.07, 6.45) is -11.8. The fourth-order valence-electron chi connectivity index (χ4n) is 1.70. The summed E-state index contributed by atoms with van der Waals surface area (Å²) >= 11 is 0. The lowest BCUT2D eigenvalue weighted by atomic mass is 9.91. The minimum absolute atomic E-state index is 0.0554. The van der Waals surface area contributed by atoms with Crippen molar-refractivity contribution in [2.24, 2.45) is 0 Å². The summed E-state index contributed by atoms with van der Waals surface area (Å²) in [7, 11) is 1.20. The quantitative estimate of drug-likeness (QED) is 0.631. The van der Waals surface area contributed by atoms with Gasteiger partial charge in [-0.3, -0.25) is 4.79 Å². The zero-order valence-corrected chi connectivity index (χ0v) is 10.8. The summed E-state index contributed by atoms with van der Waals surface area (Å²) in [6.45, 7) is 0.468. The number of esters is 1. The highest BCUT2D eigenvalue weighted by molar-refractivity contribution is 5.67. The first-order valence-corrected chi connectivity index (χ1v) is 5.43. The molecule has 0 radical (unpaired) electrons. The molecule has 1 rings (SSSR count). The molecule has 9 heteroatoms. The molecule has 1 aromatic carbocycles. The van der Waals surface area contributed by atoms with Gasteiger partial charge in [0, 0.05) is 12.5 Å². The first-order chi connectivity index (χ1) is 9.45. The molecule has 0 saturated carbocycles. The molecular weight excluding hydrogens is 306 g/mol. The number of halogens is 6. The van der Waals surface area contributed by atoms with E-state index in [2.05, 4.69) is 9.47 Å². The van der Waals surface area contributed by atoms with Crippen LogP contribution in [0.4, 0.5) is 26.3 Å². The third-order valence-electron chi connectivity index (χ3n) is 2.59. The topological polar surface area (TPSA) is 35.5 Å². The van der Waals surface area contributed by atoms with Gasteiger partial charge in [-0.1, -0.05) is 12.1 Å². The first-order valence-electron chi connectivity index (χ1n) is 5.43. The fourth-order valence-corrected chi connectivity index (χ4v) is 1.70. The van der Waals surface area contributed by atoms with E-state index in [4.69, 9.17) is 0 Å². The van der Waals surface area contributed by atoms with Gasteiger partial charge in [-0.15, -0.1) is 0 Å². The van der Waals surface area contributed by atoms with Gasteiger partial charge >= 0.3 is 23.9 Å². The highest BCUT2D eigenvalue weighted by Crippen LogP contribution is 2.53. The number of hydrogen-bond donors (Lipinski definition) is 0. The molecule has 118 valence electrons. The Kier molecular flexibility index (Phi) is 4.45. The van der Waals surface area contributed by atoms with E-state index in [1.54, 1.807) is 0 Å². The summed E-state index contributed by atoms with van der Waals surface area (Å²) in [5, 5.41) is 0. The number of carbonyl (C=O) groups is 1. The largest absolute Gasteiger partial charge is 0.497 e. The molecule has 0 amide bonds. The van der Waals surface area contributed by atoms with Crippen molar-refractivity contribution in [3.8, 4) is 5.75 Å². The predicted octanol–water partition coefficient (Wildman–Crippen LogP) is 3.58. The van der Waals surface area contributed by atoms with E-state index < -0.39 is 29.5 Å². The second kappa shape index (κ2) is 5.45. The summed E-state index contributed by atoms with van der Waals surface area (Å²) < 4.78 is 86.8. The summed E-state index contributed by atoms with van der Waals surface area (Å²) in [5.41, 5.74) is -5.99. The molecular formula is C12H10F6O3. The van der Waals surface area contributed by atoms with Gasteiger partial charge in [0.1, 0.15) is 5.75 Å². The molecule has 0 bridgehead atoms. The zero-order chi connectivity index (χ0) is 16.5. The molecule has 0 aliphatic heterocycles. The lowest BCUT2D eigenvalue weighted by molar-refractivity contribution is -0.377. The van der Waals surface area contributed by atoms with E-state index in [0.717, 1.165) is 12.1 Å². The number of hydrogen-bond acceptors (Lipinski definition) is 3. The predicted molar refractivity (Wildman–Crippen MR) is 58.5 cm³/mol. The average molecular weight is 316 g/mol. The minimum atomic E-state index is -5.88. The Morgan fingerprint density at radius 1 is 0.952 bits per heavy atom. The minimum Gasteiger partial charge on any atom is -0.497 e. The first kappa shape index (κ1) is 17.1. The van der Waals surface area contributed by atoms with Gasteiger partial charge in [-0.05, 0) is 12.1 Å². The third-order valence-corrected chi connectivity index (χ3v) is 2.59. The SMILES string of the molecule is COc1ccc(C(OC(C)=O)(C(F)(F)F)C(F)(F)F)cc1. The number of alkyl halides is 6. The standard InChI is InChI=1S/C12H10F6O3/c1-7(19)21-10(11(13,14)15,12(16,17)18)8-3-5-9(20-2)6-4-8/h3-6H,1-2H3. The third kappa shape index (κ3) is 3.06. The molecule has 0 aliphatic rings. The maximum absolute atomic E-state index is 13.1. The lowest BCUT2D eigenvalue weighted by Gasteiger charge is -2.36. The lowest BCUT2D eigenvalue weighted by Crippen LogP contribution is -2.56. The summed E-state index contributed by atoms with van der Waals surface area (Å²) in [5.74, 6) is -1.65. The molecule has 0 fully saturated rings. The number of methoxy groups -OCH3 is 1. The maximum Gasteiger partial charge on any atom is 0.442 e. The van der Waals surface area contributed by atoms with Gasteiger partial charge in [-0.25, -0.2) is 0 Å². The van der Waals surface area contributed by atoms with Crippen molar-refractivity contribution < 1.29 is 40.6 Å². The van der Waals surface area contributed by atoms with E-state index in [0.29, 0.717) is 19.1 Å². The van der Waals surface area contributed by atoms with Gasteiger partial charge in [-0.2, -0.15) is 26.3 Å². The second-order valence-electron chi connectivity index (χ2n) is 4.00. The maximum atomic E-state index is 13.1. The van der Waals surface area contributed by atoms with Crippen molar-refractivity contribution in [1.29, 1.82) is 0 Å². The van der Waals surface area contributed by atoms with Crippen LogP contribution in [-0.2, 0) is 15.1 Å². The van der Waals surface area contributed by atoms with Crippen LogP contribution >= 0.6 is 0 Å². The Morgan fingerprint density at radius 2 is 1.38 bits per heavy atom. The molecule has 0 heterocycles. The van der Waals surface area contributed by atoms with E-state index in [1.807, 2.05) is 0 Å². The molecule has 0 unspecified atom stereocenters. The van der Waals surface area contributed by atoms with E-state index >= 15 is 0 Å². The van der Waals surface area contributed by atoms with Crippen molar-refractivity contribution in [2.75, 3.05) is 7.11 Å². The Morgan fingerprint density at radius 3 is 1.67 bits per heavy atom. The van der Waals surface area contributed by atoms with Crippen LogP contribution in [0.3, 0.4) is 0 Å². The van der Waals surface area contributed by atoms with Crippen molar-refractivity contribution in [2.45, 2.75) is 24.9 Å². The van der Waals surface area contributed by atoms with Crippen molar-refractivity contribution in [3.63, 3.8) is 0 Å². The highest BCUT2D eigenvalue weighted by Gasteiger charge is 2.75. The molecule has 3 nitrogen and oxygen atoms in total. The molecule has 0 spiro atoms. The molecule has 0 N–H and O–H groups in total. The van der Waals surface area contributed by atoms with Gasteiger partial charge in [0.25, 0.3) is 0 Å². The Hall–Kier alpha value is -1.93. The van der Waals surface area contributed by atoms with Crippen LogP contribution in [0.1, 0.15) is 12.5 Å². The fraction of sp³-hybridized carbons (Fsp3) is 0.417. The van der Waals surface area contributed by atoms with E-state index in [9.17, 15) is 31.1 Å². The summed E-state index contributed by atoms with van der Waals surface area (Å²) in [4.78, 5) is 10.8. The Bertz CT molecular complexity index is 489. The molecule has 0 aromatic heterocycles. The van der Waals surface area contributed by atoms with Gasteiger partial charge in [0.15, 0.2) is 0 Å². The van der Waals surface area contributed by atoms with Gasteiger partial charge in [0.05, 0.1) is 7.11 Å². The highest BCUT2D eigenvalue weighted by atomic mass is 19.4. The van der Waals surface area contributed by atoms with Crippen LogP contribution in [-0.4, -0.2) is 25.4 Å². The van der Waals surface area contributed by atoms with Crippen LogP contribution in [0, 0.1) is 0 Å². The molecule has 1 aromatic rings.